The fourth-order valence-electron chi connectivity index (χ4n) is 3.78. The third kappa shape index (κ3) is 5.94. The van der Waals surface area contributed by atoms with Crippen LogP contribution < -0.4 is 25.7 Å². The van der Waals surface area contributed by atoms with Gasteiger partial charge in [0.1, 0.15) is 17.3 Å². The van der Waals surface area contributed by atoms with Crippen molar-refractivity contribution in [2.75, 3.05) is 12.4 Å². The van der Waals surface area contributed by atoms with Gasteiger partial charge in [-0.05, 0) is 54.6 Å². The van der Waals surface area contributed by atoms with E-state index >= 15 is 0 Å². The number of nitrogens with zero attached hydrogens (tertiary/aromatic N) is 2. The van der Waals surface area contributed by atoms with Gasteiger partial charge in [-0.1, -0.05) is 35.9 Å². The molecule has 2 heterocycles. The first kappa shape index (κ1) is 25.6. The van der Waals surface area contributed by atoms with Gasteiger partial charge in [-0.25, -0.2) is 0 Å². The Morgan fingerprint density at radius 3 is 2.62 bits per heavy atom. The number of hydrogen-bond donors (Lipinski definition) is 2. The van der Waals surface area contributed by atoms with Crippen molar-refractivity contribution in [3.63, 3.8) is 0 Å². The first-order chi connectivity index (χ1) is 19.0. The zero-order valence-electron chi connectivity index (χ0n) is 20.8. The van der Waals surface area contributed by atoms with Gasteiger partial charge >= 0.3 is 0 Å². The molecule has 5 rings (SSSR count). The van der Waals surface area contributed by atoms with Gasteiger partial charge in [0.25, 0.3) is 11.5 Å². The number of rotatable bonds is 9. The molecule has 5 aromatic rings. The number of carbonyl (C=O) groups excluding carboxylic acids is 1. The lowest BCUT2D eigenvalue weighted by Crippen LogP contribution is -2.24. The summed E-state index contributed by atoms with van der Waals surface area (Å²) in [6.45, 7) is 0.245. The molecule has 196 valence electrons. The number of benzene rings is 3. The summed E-state index contributed by atoms with van der Waals surface area (Å²) >= 11 is 6.35. The van der Waals surface area contributed by atoms with Crippen molar-refractivity contribution in [1.82, 2.24) is 15.1 Å². The average molecular weight is 543 g/mol. The van der Waals surface area contributed by atoms with Crippen molar-refractivity contribution < 1.29 is 18.7 Å². The molecule has 2 aromatic heterocycles. The molecule has 0 aliphatic heterocycles. The van der Waals surface area contributed by atoms with Crippen LogP contribution in [0.1, 0.15) is 16.1 Å². The Balaban J connectivity index is 1.49. The zero-order chi connectivity index (χ0) is 27.2. The number of amides is 1. The van der Waals surface area contributed by atoms with Gasteiger partial charge in [0, 0.05) is 17.3 Å². The Bertz CT molecular complexity index is 1670. The number of methoxy groups -OCH3 is 1. The van der Waals surface area contributed by atoms with Crippen LogP contribution in [0.2, 0.25) is 5.02 Å². The molecule has 9 nitrogen and oxygen atoms in total. The van der Waals surface area contributed by atoms with Crippen LogP contribution in [0.5, 0.6) is 17.2 Å². The zero-order valence-corrected chi connectivity index (χ0v) is 21.5. The van der Waals surface area contributed by atoms with Crippen molar-refractivity contribution >= 4 is 28.9 Å². The molecule has 0 radical (unpaired) electrons. The molecule has 2 N–H and O–H groups in total. The van der Waals surface area contributed by atoms with Crippen LogP contribution in [-0.4, -0.2) is 22.8 Å². The van der Waals surface area contributed by atoms with E-state index in [1.165, 1.54) is 10.9 Å². The summed E-state index contributed by atoms with van der Waals surface area (Å²) in [4.78, 5) is 26.4. The first-order valence-electron chi connectivity index (χ1n) is 11.9. The van der Waals surface area contributed by atoms with Crippen molar-refractivity contribution in [3.8, 4) is 22.9 Å². The summed E-state index contributed by atoms with van der Waals surface area (Å²) < 4.78 is 17.8. The maximum absolute atomic E-state index is 13.7. The molecular weight excluding hydrogens is 520 g/mol. The van der Waals surface area contributed by atoms with Crippen LogP contribution in [-0.2, 0) is 6.54 Å². The molecule has 0 fully saturated rings. The van der Waals surface area contributed by atoms with Gasteiger partial charge in [-0.15, -0.1) is 0 Å². The molecular formula is C29H23ClN4O5. The summed E-state index contributed by atoms with van der Waals surface area (Å²) in [6.07, 6.45) is 2.97. The number of anilines is 2. The van der Waals surface area contributed by atoms with Crippen molar-refractivity contribution in [2.45, 2.75) is 6.54 Å². The van der Waals surface area contributed by atoms with Gasteiger partial charge in [0.05, 0.1) is 36.8 Å². The van der Waals surface area contributed by atoms with E-state index in [1.807, 2.05) is 0 Å². The minimum atomic E-state index is -0.504. The van der Waals surface area contributed by atoms with E-state index in [2.05, 4.69) is 15.7 Å². The number of ether oxygens (including phenoxy) is 2. The average Bonchev–Trinajstić information content (AvgIpc) is 3.48. The van der Waals surface area contributed by atoms with E-state index in [9.17, 15) is 9.59 Å². The first-order valence-corrected chi connectivity index (χ1v) is 12.3. The maximum atomic E-state index is 13.7. The lowest BCUT2D eigenvalue weighted by molar-refractivity contribution is 0.0948. The van der Waals surface area contributed by atoms with E-state index in [4.69, 9.17) is 25.5 Å². The highest BCUT2D eigenvalue weighted by Crippen LogP contribution is 2.31. The number of para-hydroxylation sites is 1. The summed E-state index contributed by atoms with van der Waals surface area (Å²) in [6, 6.07) is 24.1. The van der Waals surface area contributed by atoms with Crippen LogP contribution in [0, 0.1) is 0 Å². The molecule has 0 atom stereocenters. The number of hydrogen-bond acceptors (Lipinski definition) is 7. The van der Waals surface area contributed by atoms with Gasteiger partial charge in [0.2, 0.25) is 0 Å². The topological polar surface area (TPSA) is 108 Å². The predicted molar refractivity (Wildman–Crippen MR) is 148 cm³/mol. The summed E-state index contributed by atoms with van der Waals surface area (Å²) in [5.41, 5.74) is 0.885. The van der Waals surface area contributed by atoms with Crippen molar-refractivity contribution in [1.29, 1.82) is 0 Å². The molecule has 0 aliphatic carbocycles. The molecule has 39 heavy (non-hydrogen) atoms. The summed E-state index contributed by atoms with van der Waals surface area (Å²) in [5, 5.41) is 10.6. The molecule has 0 saturated heterocycles. The third-order valence-electron chi connectivity index (χ3n) is 5.69. The second-order valence-corrected chi connectivity index (χ2v) is 8.71. The summed E-state index contributed by atoms with van der Waals surface area (Å²) in [7, 11) is 1.55. The molecule has 0 aliphatic rings. The highest BCUT2D eigenvalue weighted by Gasteiger charge is 2.17. The largest absolute Gasteiger partial charge is 0.497 e. The number of aromatic nitrogens is 2. The molecule has 0 bridgehead atoms. The fourth-order valence-corrected chi connectivity index (χ4v) is 4.00. The Hall–Kier alpha value is -5.02. The van der Waals surface area contributed by atoms with E-state index in [1.54, 1.807) is 98.3 Å². The smallest absolute Gasteiger partial charge is 0.299 e. The van der Waals surface area contributed by atoms with Crippen LogP contribution in [0.3, 0.4) is 0 Å². The Morgan fingerprint density at radius 1 is 1.00 bits per heavy atom. The minimum Gasteiger partial charge on any atom is -0.497 e. The molecule has 1 amide bonds. The molecule has 0 saturated carbocycles. The fraction of sp³-hybridized carbons (Fsp3) is 0.0690. The SMILES string of the molecule is COc1cccc(Oc2cnn(-c3ccccc3Cl)c(=O)c2Nc2cccc(C(=O)NCc3ccco3)c2)c1. The third-order valence-corrected chi connectivity index (χ3v) is 6.01. The van der Waals surface area contributed by atoms with Gasteiger partial charge < -0.3 is 24.5 Å². The van der Waals surface area contributed by atoms with Crippen molar-refractivity contribution in [3.05, 3.63) is 124 Å². The quantitative estimate of drug-likeness (QED) is 0.237. The highest BCUT2D eigenvalue weighted by atomic mass is 35.5. The molecule has 3 aromatic carbocycles. The second kappa shape index (κ2) is 11.6. The second-order valence-electron chi connectivity index (χ2n) is 8.30. The number of furan rings is 1. The molecule has 0 spiro atoms. The normalized spacial score (nSPS) is 10.6. The van der Waals surface area contributed by atoms with E-state index < -0.39 is 5.56 Å². The molecule has 0 unspecified atom stereocenters. The lowest BCUT2D eigenvalue weighted by atomic mass is 10.2. The number of halogens is 1. The Kier molecular flexibility index (Phi) is 7.60. The van der Waals surface area contributed by atoms with E-state index in [-0.39, 0.29) is 23.9 Å². The predicted octanol–water partition coefficient (Wildman–Crippen LogP) is 5.95. The van der Waals surface area contributed by atoms with Gasteiger partial charge in [0.15, 0.2) is 11.4 Å². The van der Waals surface area contributed by atoms with Crippen LogP contribution in [0.15, 0.2) is 107 Å². The Labute approximate surface area is 228 Å². The molecule has 10 heteroatoms. The van der Waals surface area contributed by atoms with E-state index in [0.29, 0.717) is 39.2 Å². The lowest BCUT2D eigenvalue weighted by Gasteiger charge is -2.15. The Morgan fingerprint density at radius 2 is 1.82 bits per heavy atom. The van der Waals surface area contributed by atoms with Crippen molar-refractivity contribution in [2.24, 2.45) is 0 Å². The van der Waals surface area contributed by atoms with Crippen LogP contribution in [0.25, 0.3) is 5.69 Å². The minimum absolute atomic E-state index is 0.0980. The number of carbonyl (C=O) groups is 1. The van der Waals surface area contributed by atoms with Crippen LogP contribution >= 0.6 is 11.6 Å². The highest BCUT2D eigenvalue weighted by molar-refractivity contribution is 6.32. The van der Waals surface area contributed by atoms with Crippen LogP contribution in [0.4, 0.5) is 11.4 Å². The van der Waals surface area contributed by atoms with Gasteiger partial charge in [-0.3, -0.25) is 9.59 Å². The summed E-state index contributed by atoms with van der Waals surface area (Å²) in [5.74, 6) is 1.54. The maximum Gasteiger partial charge on any atom is 0.299 e. The van der Waals surface area contributed by atoms with Gasteiger partial charge in [-0.2, -0.15) is 9.78 Å². The standard InChI is InChI=1S/C29H23ClN4O5/c1-37-21-9-5-10-22(16-21)39-26-18-32-34(25-13-3-2-12-24(25)30)29(36)27(26)33-20-8-4-7-19(15-20)28(35)31-17-23-11-6-14-38-23/h2-16,18,33H,17H2,1H3,(H,31,35). The number of nitrogens with one attached hydrogen (secondary N) is 2. The monoisotopic (exact) mass is 542 g/mol. The van der Waals surface area contributed by atoms with E-state index in [0.717, 1.165) is 0 Å².